The molecule has 0 unspecified atom stereocenters. The van der Waals surface area contributed by atoms with Gasteiger partial charge in [-0.3, -0.25) is 0 Å². The fraction of sp³-hybridized carbons (Fsp3) is 0.533. The van der Waals surface area contributed by atoms with Crippen molar-refractivity contribution in [1.29, 1.82) is 5.26 Å². The summed E-state index contributed by atoms with van der Waals surface area (Å²) in [5.41, 5.74) is -0.262. The molecular formula is C15H17NO5S. The molecule has 22 heavy (non-hydrogen) atoms. The van der Waals surface area contributed by atoms with Gasteiger partial charge in [0.25, 0.3) is 0 Å². The van der Waals surface area contributed by atoms with Gasteiger partial charge in [0.05, 0.1) is 17.9 Å². The van der Waals surface area contributed by atoms with Crippen LogP contribution in [-0.4, -0.2) is 39.9 Å². The van der Waals surface area contributed by atoms with Crippen LogP contribution in [0.1, 0.15) is 18.4 Å². The van der Waals surface area contributed by atoms with Gasteiger partial charge in [-0.2, -0.15) is 5.26 Å². The number of hydrogen-bond acceptors (Lipinski definition) is 6. The van der Waals surface area contributed by atoms with Crippen molar-refractivity contribution in [3.8, 4) is 17.6 Å². The third-order valence-corrected chi connectivity index (χ3v) is 6.66. The van der Waals surface area contributed by atoms with E-state index in [-0.39, 0.29) is 19.2 Å². The number of nitriles is 1. The number of methoxy groups -OCH3 is 1. The molecule has 0 N–H and O–H groups in total. The van der Waals surface area contributed by atoms with Gasteiger partial charge in [-0.15, -0.1) is 0 Å². The third-order valence-electron chi connectivity index (χ3n) is 4.39. The summed E-state index contributed by atoms with van der Waals surface area (Å²) in [5.74, 6) is 0.818. The van der Waals surface area contributed by atoms with Gasteiger partial charge in [-0.1, -0.05) is 13.0 Å². The molecule has 1 aliphatic carbocycles. The highest BCUT2D eigenvalue weighted by Gasteiger charge is 2.71. The molecule has 1 aromatic rings. The maximum atomic E-state index is 12.4. The summed E-state index contributed by atoms with van der Waals surface area (Å²) in [6.07, 6.45) is 0. The van der Waals surface area contributed by atoms with Gasteiger partial charge in [0, 0.05) is 18.8 Å². The van der Waals surface area contributed by atoms with E-state index in [4.69, 9.17) is 14.2 Å². The molecule has 7 heteroatoms. The van der Waals surface area contributed by atoms with E-state index in [0.29, 0.717) is 11.5 Å². The van der Waals surface area contributed by atoms with Gasteiger partial charge >= 0.3 is 0 Å². The minimum absolute atomic E-state index is 0.00582. The van der Waals surface area contributed by atoms with Crippen molar-refractivity contribution in [2.45, 2.75) is 18.1 Å². The van der Waals surface area contributed by atoms with Gasteiger partial charge in [0.2, 0.25) is 6.79 Å². The molecule has 0 saturated heterocycles. The van der Waals surface area contributed by atoms with Crippen molar-refractivity contribution in [2.24, 2.45) is 5.41 Å². The monoisotopic (exact) mass is 323 g/mol. The minimum Gasteiger partial charge on any atom is -0.454 e. The van der Waals surface area contributed by atoms with E-state index in [0.717, 1.165) is 5.56 Å². The molecule has 0 amide bonds. The van der Waals surface area contributed by atoms with Crippen molar-refractivity contribution in [2.75, 3.05) is 26.3 Å². The summed E-state index contributed by atoms with van der Waals surface area (Å²) in [6, 6.07) is 7.50. The molecule has 0 spiro atoms. The zero-order valence-corrected chi connectivity index (χ0v) is 13.2. The number of benzene rings is 1. The highest BCUT2D eigenvalue weighted by molar-refractivity contribution is 7.92. The lowest BCUT2D eigenvalue weighted by Gasteiger charge is -2.07. The molecule has 1 aromatic carbocycles. The van der Waals surface area contributed by atoms with Crippen LogP contribution in [0.25, 0.3) is 0 Å². The first kappa shape index (κ1) is 15.1. The molecule has 6 nitrogen and oxygen atoms in total. The number of rotatable bonds is 5. The second-order valence-electron chi connectivity index (χ2n) is 5.55. The minimum atomic E-state index is -3.35. The molecule has 0 bridgehead atoms. The first-order chi connectivity index (χ1) is 10.5. The fourth-order valence-corrected chi connectivity index (χ4v) is 5.27. The Labute approximate surface area is 129 Å². The van der Waals surface area contributed by atoms with Gasteiger partial charge in [0.15, 0.2) is 21.3 Å². The molecule has 1 aliphatic heterocycles. The van der Waals surface area contributed by atoms with Gasteiger partial charge in [-0.05, 0) is 17.7 Å². The second-order valence-corrected chi connectivity index (χ2v) is 7.96. The predicted molar refractivity (Wildman–Crippen MR) is 78.5 cm³/mol. The molecule has 0 radical (unpaired) electrons. The summed E-state index contributed by atoms with van der Waals surface area (Å²) >= 11 is 0. The number of fused-ring (bicyclic) bond motifs is 1. The largest absolute Gasteiger partial charge is 0.454 e. The van der Waals surface area contributed by atoms with Crippen LogP contribution in [0.5, 0.6) is 11.5 Å². The van der Waals surface area contributed by atoms with E-state index in [1.54, 1.807) is 25.1 Å². The van der Waals surface area contributed by atoms with E-state index < -0.39 is 26.4 Å². The first-order valence-electron chi connectivity index (χ1n) is 7.01. The summed E-state index contributed by atoms with van der Waals surface area (Å²) < 4.78 is 40.5. The first-order valence-corrected chi connectivity index (χ1v) is 8.73. The van der Waals surface area contributed by atoms with Crippen molar-refractivity contribution in [1.82, 2.24) is 0 Å². The number of nitrogens with zero attached hydrogens (tertiary/aromatic N) is 1. The molecule has 1 heterocycles. The van der Waals surface area contributed by atoms with Crippen molar-refractivity contribution < 1.29 is 22.6 Å². The van der Waals surface area contributed by atoms with Crippen LogP contribution in [0.2, 0.25) is 0 Å². The molecule has 0 aromatic heterocycles. The van der Waals surface area contributed by atoms with Gasteiger partial charge in [0.1, 0.15) is 5.41 Å². The SMILES string of the molecule is CCS(=O)(=O)[C@@H]1[C@@H](c2ccc3c(c2)OCO3)[C@]1(C#N)COC. The van der Waals surface area contributed by atoms with E-state index in [2.05, 4.69) is 6.07 Å². The topological polar surface area (TPSA) is 85.6 Å². The molecule has 1 fully saturated rings. The lowest BCUT2D eigenvalue weighted by Crippen LogP contribution is -2.20. The zero-order chi connectivity index (χ0) is 16.0. The Morgan fingerprint density at radius 1 is 1.41 bits per heavy atom. The smallest absolute Gasteiger partial charge is 0.231 e. The van der Waals surface area contributed by atoms with Crippen LogP contribution in [0, 0.1) is 16.7 Å². The number of ether oxygens (including phenoxy) is 3. The Morgan fingerprint density at radius 3 is 2.77 bits per heavy atom. The lowest BCUT2D eigenvalue weighted by atomic mass is 10.0. The van der Waals surface area contributed by atoms with Crippen molar-refractivity contribution in [3.63, 3.8) is 0 Å². The quantitative estimate of drug-likeness (QED) is 0.816. The highest BCUT2D eigenvalue weighted by atomic mass is 32.2. The molecule has 3 rings (SSSR count). The second kappa shape index (κ2) is 5.14. The molecule has 1 saturated carbocycles. The number of sulfone groups is 1. The highest BCUT2D eigenvalue weighted by Crippen LogP contribution is 2.63. The Hall–Kier alpha value is -1.78. The van der Waals surface area contributed by atoms with Crippen molar-refractivity contribution in [3.05, 3.63) is 23.8 Å². The normalized spacial score (nSPS) is 29.1. The Kier molecular flexibility index (Phi) is 3.54. The summed E-state index contributed by atoms with van der Waals surface area (Å²) in [5, 5.41) is 8.85. The van der Waals surface area contributed by atoms with Crippen LogP contribution < -0.4 is 9.47 Å². The molecule has 118 valence electrons. The van der Waals surface area contributed by atoms with Crippen molar-refractivity contribution >= 4 is 9.84 Å². The van der Waals surface area contributed by atoms with E-state index in [1.165, 1.54) is 7.11 Å². The third kappa shape index (κ3) is 2.06. The molecule has 2 aliphatic rings. The average Bonchev–Trinajstić information content (AvgIpc) is 2.96. The standard InChI is InChI=1S/C15H17NO5S/c1-3-22(17,18)14-13(15(14,7-16)8-19-2)10-4-5-11-12(6-10)21-9-20-11/h4-6,13-14H,3,8-9H2,1-2H3/t13-,14-,15+/m1/s1. The maximum absolute atomic E-state index is 12.4. The molecule has 3 atom stereocenters. The predicted octanol–water partition coefficient (Wildman–Crippen LogP) is 1.47. The maximum Gasteiger partial charge on any atom is 0.231 e. The van der Waals surface area contributed by atoms with Crippen LogP contribution in [0.15, 0.2) is 18.2 Å². The summed E-state index contributed by atoms with van der Waals surface area (Å²) in [7, 11) is -1.88. The Bertz CT molecular complexity index is 739. The molecular weight excluding hydrogens is 306 g/mol. The lowest BCUT2D eigenvalue weighted by molar-refractivity contribution is 0.162. The van der Waals surface area contributed by atoms with E-state index in [9.17, 15) is 13.7 Å². The zero-order valence-electron chi connectivity index (χ0n) is 12.4. The van der Waals surface area contributed by atoms with Gasteiger partial charge < -0.3 is 14.2 Å². The van der Waals surface area contributed by atoms with Gasteiger partial charge in [-0.25, -0.2) is 8.42 Å². The average molecular weight is 323 g/mol. The van der Waals surface area contributed by atoms with E-state index in [1.807, 2.05) is 0 Å². The van der Waals surface area contributed by atoms with E-state index >= 15 is 0 Å². The summed E-state index contributed by atoms with van der Waals surface area (Å²) in [6.45, 7) is 1.84. The Balaban J connectivity index is 2.03. The van der Waals surface area contributed by atoms with Crippen LogP contribution >= 0.6 is 0 Å². The van der Waals surface area contributed by atoms with Crippen LogP contribution in [0.4, 0.5) is 0 Å². The van der Waals surface area contributed by atoms with Crippen LogP contribution in [0.3, 0.4) is 0 Å². The van der Waals surface area contributed by atoms with Crippen LogP contribution in [-0.2, 0) is 14.6 Å². The summed E-state index contributed by atoms with van der Waals surface area (Å²) in [4.78, 5) is 0. The fourth-order valence-electron chi connectivity index (χ4n) is 3.27. The Morgan fingerprint density at radius 2 is 2.14 bits per heavy atom. The number of hydrogen-bond donors (Lipinski definition) is 0.